The minimum atomic E-state index is -4.16. The largest absolute Gasteiger partial charge is 0.280 e. The third-order valence-electron chi connectivity index (χ3n) is 4.78. The van der Waals surface area contributed by atoms with Gasteiger partial charge in [-0.3, -0.25) is 9.36 Å². The zero-order chi connectivity index (χ0) is 21.1. The van der Waals surface area contributed by atoms with Crippen LogP contribution in [0.5, 0.6) is 0 Å². The van der Waals surface area contributed by atoms with E-state index in [1.54, 1.807) is 43.3 Å². The Kier molecular flexibility index (Phi) is 4.79. The van der Waals surface area contributed by atoms with E-state index in [-0.39, 0.29) is 11.0 Å². The Morgan fingerprint density at radius 3 is 2.24 bits per heavy atom. The van der Waals surface area contributed by atoms with Gasteiger partial charge in [0.05, 0.1) is 11.9 Å². The van der Waals surface area contributed by atoms with Gasteiger partial charge in [-0.1, -0.05) is 51.3 Å². The van der Waals surface area contributed by atoms with Gasteiger partial charge in [0.25, 0.3) is 15.9 Å². The highest BCUT2D eigenvalue weighted by Gasteiger charge is 2.52. The van der Waals surface area contributed by atoms with E-state index in [0.717, 1.165) is 10.7 Å². The third kappa shape index (κ3) is 3.17. The Hall–Kier alpha value is -1.91. The zero-order valence-corrected chi connectivity index (χ0v) is 18.7. The fourth-order valence-electron chi connectivity index (χ4n) is 3.44. The summed E-state index contributed by atoms with van der Waals surface area (Å²) in [7, 11) is -4.16. The van der Waals surface area contributed by atoms with E-state index in [4.69, 9.17) is 28.3 Å². The van der Waals surface area contributed by atoms with Crippen molar-refractivity contribution in [1.29, 1.82) is 0 Å². The molecule has 0 unspecified atom stereocenters. The second-order valence-electron chi connectivity index (χ2n) is 6.62. The normalized spacial score (nSPS) is 18.9. The molecule has 7 nitrogen and oxygen atoms in total. The third-order valence-corrected chi connectivity index (χ3v) is 6.62. The molecule has 0 saturated carbocycles. The Bertz CT molecular complexity index is 1240. The summed E-state index contributed by atoms with van der Waals surface area (Å²) in [6.07, 6.45) is 1.13. The van der Waals surface area contributed by atoms with Crippen molar-refractivity contribution >= 4 is 66.7 Å². The molecule has 0 saturated heterocycles. The summed E-state index contributed by atoms with van der Waals surface area (Å²) in [5.41, 5.74) is -0.491. The number of aromatic nitrogens is 2. The lowest BCUT2D eigenvalue weighted by atomic mass is 9.91. The molecule has 1 aromatic heterocycles. The minimum absolute atomic E-state index is 0.0998. The number of nitrogens with zero attached hydrogens (tertiary/aromatic N) is 3. The number of anilines is 2. The standard InChI is InChI=1S/C18H13BrCl2N4O3S/c1-18(10-2-4-11(19)5-3-10)16(26)24(14-7-12(20)6-13(21)8-14)17-23-9-15(25(17)18)29(22,27)28/h2-9H,1H3,(H2,22,27,28)/t18-/m1/s1. The fourth-order valence-corrected chi connectivity index (χ4v) is 4.94. The smallest absolute Gasteiger partial charge is 0.264 e. The van der Waals surface area contributed by atoms with Crippen molar-refractivity contribution in [3.63, 3.8) is 0 Å². The number of hydrogen-bond acceptors (Lipinski definition) is 4. The van der Waals surface area contributed by atoms with Gasteiger partial charge in [-0.25, -0.2) is 23.4 Å². The van der Waals surface area contributed by atoms with Gasteiger partial charge in [0, 0.05) is 14.5 Å². The number of hydrogen-bond donors (Lipinski definition) is 1. The van der Waals surface area contributed by atoms with Crippen LogP contribution in [0.2, 0.25) is 10.0 Å². The predicted molar refractivity (Wildman–Crippen MR) is 114 cm³/mol. The maximum Gasteiger partial charge on any atom is 0.264 e. The molecule has 150 valence electrons. The number of halogens is 3. The molecule has 1 atom stereocenters. The van der Waals surface area contributed by atoms with Gasteiger partial charge in [-0.15, -0.1) is 0 Å². The molecule has 2 aromatic carbocycles. The van der Waals surface area contributed by atoms with Gasteiger partial charge in [0.1, 0.15) is 0 Å². The molecule has 1 amide bonds. The van der Waals surface area contributed by atoms with Crippen LogP contribution in [0.3, 0.4) is 0 Å². The van der Waals surface area contributed by atoms with Gasteiger partial charge in [0.15, 0.2) is 10.6 Å². The lowest BCUT2D eigenvalue weighted by molar-refractivity contribution is -0.122. The van der Waals surface area contributed by atoms with E-state index in [2.05, 4.69) is 20.9 Å². The van der Waals surface area contributed by atoms with Gasteiger partial charge >= 0.3 is 0 Å². The van der Waals surface area contributed by atoms with Crippen molar-refractivity contribution < 1.29 is 13.2 Å². The van der Waals surface area contributed by atoms with Gasteiger partial charge in [0.2, 0.25) is 5.95 Å². The minimum Gasteiger partial charge on any atom is -0.280 e. The lowest BCUT2D eigenvalue weighted by Crippen LogP contribution is -2.41. The van der Waals surface area contributed by atoms with Crippen molar-refractivity contribution in [3.05, 3.63) is 68.7 Å². The number of fused-ring (bicyclic) bond motifs is 1. The average Bonchev–Trinajstić information content (AvgIpc) is 3.14. The molecule has 2 N–H and O–H groups in total. The lowest BCUT2D eigenvalue weighted by Gasteiger charge is -2.26. The maximum absolute atomic E-state index is 13.7. The molecule has 11 heteroatoms. The number of amides is 1. The number of imidazole rings is 1. The van der Waals surface area contributed by atoms with Crippen LogP contribution in [0.1, 0.15) is 12.5 Å². The van der Waals surface area contributed by atoms with Crippen molar-refractivity contribution in [1.82, 2.24) is 9.55 Å². The van der Waals surface area contributed by atoms with E-state index in [0.29, 0.717) is 21.3 Å². The molecule has 2 heterocycles. The number of benzene rings is 2. The second kappa shape index (κ2) is 6.82. The summed E-state index contributed by atoms with van der Waals surface area (Å²) in [5, 5.41) is 5.77. The molecule has 0 fully saturated rings. The van der Waals surface area contributed by atoms with E-state index >= 15 is 0 Å². The molecule has 1 aliphatic rings. The monoisotopic (exact) mass is 514 g/mol. The van der Waals surface area contributed by atoms with E-state index in [1.165, 1.54) is 15.5 Å². The topological polar surface area (TPSA) is 98.3 Å². The van der Waals surface area contributed by atoms with Crippen LogP contribution in [-0.4, -0.2) is 23.9 Å². The highest BCUT2D eigenvalue weighted by atomic mass is 79.9. The van der Waals surface area contributed by atoms with Crippen LogP contribution in [0.25, 0.3) is 0 Å². The summed E-state index contributed by atoms with van der Waals surface area (Å²) >= 11 is 15.6. The van der Waals surface area contributed by atoms with E-state index in [1.807, 2.05) is 0 Å². The first-order valence-electron chi connectivity index (χ1n) is 8.21. The fraction of sp³-hybridized carbons (Fsp3) is 0.111. The first-order chi connectivity index (χ1) is 13.5. The van der Waals surface area contributed by atoms with E-state index < -0.39 is 21.5 Å². The van der Waals surface area contributed by atoms with Crippen LogP contribution in [0.15, 0.2) is 58.2 Å². The van der Waals surface area contributed by atoms with Crippen LogP contribution >= 0.6 is 39.1 Å². The van der Waals surface area contributed by atoms with E-state index in [9.17, 15) is 13.2 Å². The molecular weight excluding hydrogens is 503 g/mol. The number of sulfonamides is 1. The highest BCUT2D eigenvalue weighted by Crippen LogP contribution is 2.45. The number of carbonyl (C=O) groups is 1. The summed E-state index contributed by atoms with van der Waals surface area (Å²) in [6.45, 7) is 1.62. The number of primary sulfonamides is 1. The Labute approximate surface area is 185 Å². The molecule has 4 rings (SSSR count). The van der Waals surface area contributed by atoms with Crippen molar-refractivity contribution in [2.75, 3.05) is 4.90 Å². The summed E-state index contributed by atoms with van der Waals surface area (Å²) < 4.78 is 26.6. The van der Waals surface area contributed by atoms with Crippen molar-refractivity contribution in [2.45, 2.75) is 17.5 Å². The van der Waals surface area contributed by atoms with Gasteiger partial charge in [-0.05, 0) is 42.8 Å². The molecule has 3 aromatic rings. The van der Waals surface area contributed by atoms with Crippen molar-refractivity contribution in [2.24, 2.45) is 5.14 Å². The van der Waals surface area contributed by atoms with Crippen molar-refractivity contribution in [3.8, 4) is 0 Å². The Morgan fingerprint density at radius 2 is 1.69 bits per heavy atom. The Morgan fingerprint density at radius 1 is 1.10 bits per heavy atom. The summed E-state index contributed by atoms with van der Waals surface area (Å²) in [6, 6.07) is 11.6. The van der Waals surface area contributed by atoms with Gasteiger partial charge < -0.3 is 0 Å². The molecular formula is C18H13BrCl2N4O3S. The van der Waals surface area contributed by atoms with Gasteiger partial charge in [-0.2, -0.15) is 0 Å². The molecule has 29 heavy (non-hydrogen) atoms. The molecule has 0 radical (unpaired) electrons. The molecule has 0 aliphatic carbocycles. The maximum atomic E-state index is 13.7. The molecule has 0 spiro atoms. The summed E-state index contributed by atoms with van der Waals surface area (Å²) in [4.78, 5) is 19.1. The molecule has 0 bridgehead atoms. The van der Waals surface area contributed by atoms with Crippen LogP contribution in [-0.2, 0) is 20.4 Å². The zero-order valence-electron chi connectivity index (χ0n) is 14.8. The average molecular weight is 516 g/mol. The summed E-state index contributed by atoms with van der Waals surface area (Å²) in [5.74, 6) is -0.325. The number of nitrogens with two attached hydrogens (primary N) is 1. The highest BCUT2D eigenvalue weighted by molar-refractivity contribution is 9.10. The first kappa shape index (κ1) is 20.4. The Balaban J connectivity index is 2.03. The van der Waals surface area contributed by atoms with Crippen LogP contribution in [0, 0.1) is 0 Å². The SMILES string of the molecule is C[C@@]1(c2ccc(Br)cc2)C(=O)N(c2cc(Cl)cc(Cl)c2)c2ncc(S(N)(=O)=O)n21. The quantitative estimate of drug-likeness (QED) is 0.569. The first-order valence-corrected chi connectivity index (χ1v) is 11.3. The molecule has 1 aliphatic heterocycles. The predicted octanol–water partition coefficient (Wildman–Crippen LogP) is 4.04. The van der Waals surface area contributed by atoms with Crippen LogP contribution in [0.4, 0.5) is 11.6 Å². The number of rotatable bonds is 3. The second-order valence-corrected chi connectivity index (χ2v) is 9.92. The van der Waals surface area contributed by atoms with Crippen LogP contribution < -0.4 is 10.0 Å². The number of carbonyl (C=O) groups excluding carboxylic acids is 1.